The van der Waals surface area contributed by atoms with Gasteiger partial charge in [0, 0.05) is 12.8 Å². The second kappa shape index (κ2) is 5.97. The largest absolute Gasteiger partial charge is 0.339 e. The van der Waals surface area contributed by atoms with Gasteiger partial charge in [-0.15, -0.1) is 0 Å². The number of rotatable bonds is 4. The first-order valence-electron chi connectivity index (χ1n) is 6.96. The van der Waals surface area contributed by atoms with Crippen LogP contribution in [0.3, 0.4) is 0 Å². The summed E-state index contributed by atoms with van der Waals surface area (Å²) in [6, 6.07) is 10.2. The maximum atomic E-state index is 5.35. The second-order valence-corrected chi connectivity index (χ2v) is 5.18. The lowest BCUT2D eigenvalue weighted by Gasteiger charge is -2.20. The number of nitrogens with one attached hydrogen (secondary N) is 1. The summed E-state index contributed by atoms with van der Waals surface area (Å²) in [5.74, 6) is 2.20. The summed E-state index contributed by atoms with van der Waals surface area (Å²) in [6.07, 6.45) is 4.14. The Balaban J connectivity index is 1.59. The molecule has 2 heterocycles. The molecule has 0 aliphatic carbocycles. The van der Waals surface area contributed by atoms with Crippen LogP contribution in [0, 0.1) is 5.92 Å². The molecular weight excluding hydrogens is 238 g/mol. The quantitative estimate of drug-likeness (QED) is 0.912. The lowest BCUT2D eigenvalue weighted by Crippen LogP contribution is -2.30. The topological polar surface area (TPSA) is 51.0 Å². The third-order valence-electron chi connectivity index (χ3n) is 3.58. The molecule has 0 spiro atoms. The van der Waals surface area contributed by atoms with Gasteiger partial charge in [-0.3, -0.25) is 0 Å². The molecule has 0 bridgehead atoms. The van der Waals surface area contributed by atoms with Crippen LogP contribution in [0.5, 0.6) is 0 Å². The maximum Gasteiger partial charge on any atom is 0.226 e. The summed E-state index contributed by atoms with van der Waals surface area (Å²) in [6.45, 7) is 2.20. The van der Waals surface area contributed by atoms with Crippen molar-refractivity contribution in [1.82, 2.24) is 15.5 Å². The molecular formula is C15H19N3O. The van der Waals surface area contributed by atoms with E-state index in [4.69, 9.17) is 4.52 Å². The zero-order chi connectivity index (χ0) is 12.9. The van der Waals surface area contributed by atoms with E-state index < -0.39 is 0 Å². The third kappa shape index (κ3) is 3.41. The Morgan fingerprint density at radius 3 is 2.95 bits per heavy atom. The van der Waals surface area contributed by atoms with Crippen molar-refractivity contribution in [2.75, 3.05) is 13.1 Å². The van der Waals surface area contributed by atoms with E-state index in [9.17, 15) is 0 Å². The fourth-order valence-electron chi connectivity index (χ4n) is 2.57. The number of hydrogen-bond donors (Lipinski definition) is 1. The first-order chi connectivity index (χ1) is 9.40. The number of benzene rings is 1. The van der Waals surface area contributed by atoms with Gasteiger partial charge in [0.1, 0.15) is 0 Å². The van der Waals surface area contributed by atoms with E-state index in [1.54, 1.807) is 0 Å². The van der Waals surface area contributed by atoms with Crippen LogP contribution in [0.25, 0.3) is 0 Å². The van der Waals surface area contributed by atoms with E-state index in [1.165, 1.54) is 18.4 Å². The second-order valence-electron chi connectivity index (χ2n) is 5.18. The molecule has 0 saturated carbocycles. The molecule has 4 heteroatoms. The van der Waals surface area contributed by atoms with Gasteiger partial charge in [0.25, 0.3) is 0 Å². The van der Waals surface area contributed by atoms with Gasteiger partial charge in [-0.25, -0.2) is 0 Å². The SMILES string of the molecule is c1ccc(Cc2noc(CC3CCCNC3)n2)cc1. The highest BCUT2D eigenvalue weighted by Gasteiger charge is 2.17. The zero-order valence-electron chi connectivity index (χ0n) is 11.0. The summed E-state index contributed by atoms with van der Waals surface area (Å²) in [7, 11) is 0. The molecule has 1 N–H and O–H groups in total. The molecule has 1 aliphatic rings. The van der Waals surface area contributed by atoms with E-state index in [0.717, 1.165) is 37.6 Å². The molecule has 4 nitrogen and oxygen atoms in total. The highest BCUT2D eigenvalue weighted by atomic mass is 16.5. The normalized spacial score (nSPS) is 19.5. The third-order valence-corrected chi connectivity index (χ3v) is 3.58. The van der Waals surface area contributed by atoms with Crippen molar-refractivity contribution in [2.24, 2.45) is 5.92 Å². The molecule has 1 aliphatic heterocycles. The molecule has 1 unspecified atom stereocenters. The maximum absolute atomic E-state index is 5.35. The van der Waals surface area contributed by atoms with Crippen LogP contribution in [0.15, 0.2) is 34.9 Å². The van der Waals surface area contributed by atoms with Crippen LogP contribution in [0.2, 0.25) is 0 Å². The van der Waals surface area contributed by atoms with Gasteiger partial charge >= 0.3 is 0 Å². The van der Waals surface area contributed by atoms with Crippen LogP contribution in [0.4, 0.5) is 0 Å². The van der Waals surface area contributed by atoms with E-state index >= 15 is 0 Å². The fraction of sp³-hybridized carbons (Fsp3) is 0.467. The smallest absolute Gasteiger partial charge is 0.226 e. The van der Waals surface area contributed by atoms with E-state index in [1.807, 2.05) is 18.2 Å². The molecule has 1 aromatic heterocycles. The van der Waals surface area contributed by atoms with Gasteiger partial charge in [0.2, 0.25) is 5.89 Å². The molecule has 3 rings (SSSR count). The molecule has 1 fully saturated rings. The van der Waals surface area contributed by atoms with E-state index in [-0.39, 0.29) is 0 Å². The monoisotopic (exact) mass is 257 g/mol. The molecule has 1 saturated heterocycles. The van der Waals surface area contributed by atoms with E-state index in [2.05, 4.69) is 27.6 Å². The van der Waals surface area contributed by atoms with Crippen molar-refractivity contribution < 1.29 is 4.52 Å². The molecule has 100 valence electrons. The van der Waals surface area contributed by atoms with Gasteiger partial charge in [-0.05, 0) is 37.4 Å². The first-order valence-corrected chi connectivity index (χ1v) is 6.96. The Morgan fingerprint density at radius 1 is 1.26 bits per heavy atom. The first kappa shape index (κ1) is 12.4. The van der Waals surface area contributed by atoms with Crippen LogP contribution in [-0.4, -0.2) is 23.2 Å². The predicted octanol–water partition coefficient (Wildman–Crippen LogP) is 2.20. The van der Waals surface area contributed by atoms with Crippen molar-refractivity contribution in [3.8, 4) is 0 Å². The van der Waals surface area contributed by atoms with Crippen molar-refractivity contribution in [3.05, 3.63) is 47.6 Å². The standard InChI is InChI=1S/C15H19N3O/c1-2-5-12(6-3-1)9-14-17-15(19-18-14)10-13-7-4-8-16-11-13/h1-3,5-6,13,16H,4,7-11H2. The van der Waals surface area contributed by atoms with Crippen LogP contribution in [0.1, 0.15) is 30.1 Å². The summed E-state index contributed by atoms with van der Waals surface area (Å²) < 4.78 is 5.35. The highest BCUT2D eigenvalue weighted by molar-refractivity contribution is 5.18. The predicted molar refractivity (Wildman–Crippen MR) is 72.8 cm³/mol. The highest BCUT2D eigenvalue weighted by Crippen LogP contribution is 2.16. The van der Waals surface area contributed by atoms with Crippen molar-refractivity contribution in [3.63, 3.8) is 0 Å². The zero-order valence-corrected chi connectivity index (χ0v) is 11.0. The molecule has 0 radical (unpaired) electrons. The van der Waals surface area contributed by atoms with Gasteiger partial charge in [0.15, 0.2) is 5.82 Å². The van der Waals surface area contributed by atoms with Crippen LogP contribution in [-0.2, 0) is 12.8 Å². The molecule has 19 heavy (non-hydrogen) atoms. The fourth-order valence-corrected chi connectivity index (χ4v) is 2.57. The van der Waals surface area contributed by atoms with Gasteiger partial charge in [-0.1, -0.05) is 35.5 Å². The lowest BCUT2D eigenvalue weighted by molar-refractivity contribution is 0.314. The summed E-state index contributed by atoms with van der Waals surface area (Å²) >= 11 is 0. The number of hydrogen-bond acceptors (Lipinski definition) is 4. The van der Waals surface area contributed by atoms with Gasteiger partial charge < -0.3 is 9.84 Å². The Labute approximate surface area is 113 Å². The minimum atomic E-state index is 0.638. The molecule has 1 aromatic carbocycles. The summed E-state index contributed by atoms with van der Waals surface area (Å²) in [4.78, 5) is 4.49. The van der Waals surface area contributed by atoms with E-state index in [0.29, 0.717) is 5.92 Å². The summed E-state index contributed by atoms with van der Waals surface area (Å²) in [5, 5.41) is 7.48. The van der Waals surface area contributed by atoms with Gasteiger partial charge in [0.05, 0.1) is 0 Å². The van der Waals surface area contributed by atoms with Crippen molar-refractivity contribution in [1.29, 1.82) is 0 Å². The Bertz CT molecular complexity index is 503. The van der Waals surface area contributed by atoms with Crippen molar-refractivity contribution in [2.45, 2.75) is 25.7 Å². The van der Waals surface area contributed by atoms with Crippen LogP contribution >= 0.6 is 0 Å². The average Bonchev–Trinajstić information content (AvgIpc) is 2.88. The minimum absolute atomic E-state index is 0.638. The molecule has 1 atom stereocenters. The Hall–Kier alpha value is -1.68. The number of nitrogens with zero attached hydrogens (tertiary/aromatic N) is 2. The number of piperidine rings is 1. The minimum Gasteiger partial charge on any atom is -0.339 e. The van der Waals surface area contributed by atoms with Crippen LogP contribution < -0.4 is 5.32 Å². The average molecular weight is 257 g/mol. The number of aromatic nitrogens is 2. The molecule has 0 amide bonds. The molecule has 2 aromatic rings. The lowest BCUT2D eigenvalue weighted by atomic mass is 9.96. The Morgan fingerprint density at radius 2 is 2.16 bits per heavy atom. The Kier molecular flexibility index (Phi) is 3.89. The van der Waals surface area contributed by atoms with Crippen molar-refractivity contribution >= 4 is 0 Å². The van der Waals surface area contributed by atoms with Gasteiger partial charge in [-0.2, -0.15) is 4.98 Å². The summed E-state index contributed by atoms with van der Waals surface area (Å²) in [5.41, 5.74) is 1.22.